The molecule has 27 heavy (non-hydrogen) atoms. The van der Waals surface area contributed by atoms with E-state index < -0.39 is 0 Å². The predicted octanol–water partition coefficient (Wildman–Crippen LogP) is 2.74. The molecule has 1 saturated heterocycles. The fraction of sp³-hybridized carbons (Fsp3) is 0.905. The molecule has 0 atom stereocenters. The lowest BCUT2D eigenvalue weighted by Crippen LogP contribution is -2.42. The molecule has 6 nitrogen and oxygen atoms in total. The normalized spacial score (nSPS) is 17.1. The lowest BCUT2D eigenvalue weighted by atomic mass is 9.87. The Bertz CT molecular complexity index is 442. The zero-order valence-corrected chi connectivity index (χ0v) is 18.1. The molecule has 158 valence electrons. The van der Waals surface area contributed by atoms with E-state index in [4.69, 9.17) is 5.73 Å². The van der Waals surface area contributed by atoms with Gasteiger partial charge in [0, 0.05) is 26.1 Å². The van der Waals surface area contributed by atoms with Crippen molar-refractivity contribution in [3.63, 3.8) is 0 Å². The maximum absolute atomic E-state index is 11.2. The Balaban J connectivity index is 2.11. The first-order chi connectivity index (χ1) is 12.9. The molecule has 0 spiro atoms. The van der Waals surface area contributed by atoms with Gasteiger partial charge in [0.15, 0.2) is 5.96 Å². The van der Waals surface area contributed by atoms with Gasteiger partial charge in [-0.3, -0.25) is 9.79 Å². The van der Waals surface area contributed by atoms with Crippen molar-refractivity contribution < 1.29 is 4.79 Å². The second kappa shape index (κ2) is 13.0. The monoisotopic (exact) mass is 381 g/mol. The van der Waals surface area contributed by atoms with Crippen LogP contribution in [0.4, 0.5) is 0 Å². The number of carbonyl (C=O) groups is 1. The number of carbonyl (C=O) groups excluding carboxylic acids is 1. The Kier molecular flexibility index (Phi) is 11.4. The number of likely N-dealkylation sites (tertiary alicyclic amines) is 1. The summed E-state index contributed by atoms with van der Waals surface area (Å²) in [5, 5.41) is 6.91. The topological polar surface area (TPSA) is 82.8 Å². The SMILES string of the molecule is CCCCCC(C)(C)CNC(=NC)NCCCCN1CCC(C(N)=O)CC1. The Morgan fingerprint density at radius 2 is 1.85 bits per heavy atom. The standard InChI is InChI=1S/C21H43N5O/c1-5-6-7-12-21(2,3)17-25-20(23-4)24-13-8-9-14-26-15-10-18(11-16-26)19(22)27/h18H,5-17H2,1-4H3,(H2,22,27)(H2,23,24,25). The molecule has 0 aromatic carbocycles. The van der Waals surface area contributed by atoms with Crippen LogP contribution in [0.1, 0.15) is 72.1 Å². The van der Waals surface area contributed by atoms with E-state index in [0.717, 1.165) is 64.4 Å². The van der Waals surface area contributed by atoms with Crippen LogP contribution in [0.3, 0.4) is 0 Å². The van der Waals surface area contributed by atoms with Gasteiger partial charge in [0.05, 0.1) is 0 Å². The number of piperidine rings is 1. The number of primary amides is 1. The molecule has 1 rings (SSSR count). The minimum Gasteiger partial charge on any atom is -0.369 e. The number of hydrogen-bond acceptors (Lipinski definition) is 3. The first kappa shape index (κ1) is 23.7. The van der Waals surface area contributed by atoms with Crippen LogP contribution < -0.4 is 16.4 Å². The molecule has 1 fully saturated rings. The smallest absolute Gasteiger partial charge is 0.220 e. The fourth-order valence-corrected chi connectivity index (χ4v) is 3.59. The molecule has 4 N–H and O–H groups in total. The molecule has 0 aromatic heterocycles. The highest BCUT2D eigenvalue weighted by molar-refractivity contribution is 5.79. The number of nitrogens with one attached hydrogen (secondary N) is 2. The van der Waals surface area contributed by atoms with E-state index in [1.165, 1.54) is 25.7 Å². The zero-order valence-electron chi connectivity index (χ0n) is 18.1. The van der Waals surface area contributed by atoms with Crippen molar-refractivity contribution >= 4 is 11.9 Å². The summed E-state index contributed by atoms with van der Waals surface area (Å²) < 4.78 is 0. The molecule has 0 aromatic rings. The van der Waals surface area contributed by atoms with Crippen molar-refractivity contribution in [2.24, 2.45) is 22.1 Å². The largest absolute Gasteiger partial charge is 0.369 e. The molecular weight excluding hydrogens is 338 g/mol. The number of rotatable bonds is 12. The molecule has 0 bridgehead atoms. The number of aliphatic imine (C=N–C) groups is 1. The highest BCUT2D eigenvalue weighted by Gasteiger charge is 2.22. The predicted molar refractivity (Wildman–Crippen MR) is 115 cm³/mol. The van der Waals surface area contributed by atoms with Gasteiger partial charge in [0.2, 0.25) is 5.91 Å². The third-order valence-electron chi connectivity index (χ3n) is 5.60. The molecule has 0 radical (unpaired) electrons. The van der Waals surface area contributed by atoms with Gasteiger partial charge in [-0.1, -0.05) is 40.0 Å². The van der Waals surface area contributed by atoms with Gasteiger partial charge < -0.3 is 21.3 Å². The van der Waals surface area contributed by atoms with E-state index in [-0.39, 0.29) is 11.8 Å². The number of guanidine groups is 1. The molecule has 1 aliphatic heterocycles. The summed E-state index contributed by atoms with van der Waals surface area (Å²) in [4.78, 5) is 18.0. The maximum Gasteiger partial charge on any atom is 0.220 e. The van der Waals surface area contributed by atoms with Gasteiger partial charge in [0.25, 0.3) is 0 Å². The number of unbranched alkanes of at least 4 members (excludes halogenated alkanes) is 3. The van der Waals surface area contributed by atoms with Crippen LogP contribution in [0.2, 0.25) is 0 Å². The Morgan fingerprint density at radius 3 is 2.44 bits per heavy atom. The van der Waals surface area contributed by atoms with Crippen LogP contribution in [0.15, 0.2) is 4.99 Å². The van der Waals surface area contributed by atoms with Crippen LogP contribution in [0.25, 0.3) is 0 Å². The Morgan fingerprint density at radius 1 is 1.15 bits per heavy atom. The van der Waals surface area contributed by atoms with Crippen LogP contribution >= 0.6 is 0 Å². The van der Waals surface area contributed by atoms with E-state index in [2.05, 4.69) is 41.3 Å². The molecule has 1 heterocycles. The molecule has 1 aliphatic rings. The first-order valence-corrected chi connectivity index (χ1v) is 10.8. The molecular formula is C21H43N5O. The van der Waals surface area contributed by atoms with Gasteiger partial charge in [-0.05, 0) is 57.2 Å². The van der Waals surface area contributed by atoms with Gasteiger partial charge in [-0.25, -0.2) is 0 Å². The summed E-state index contributed by atoms with van der Waals surface area (Å²) in [5.74, 6) is 0.857. The highest BCUT2D eigenvalue weighted by atomic mass is 16.1. The van der Waals surface area contributed by atoms with Gasteiger partial charge >= 0.3 is 0 Å². The van der Waals surface area contributed by atoms with E-state index in [9.17, 15) is 4.79 Å². The summed E-state index contributed by atoms with van der Waals surface area (Å²) in [7, 11) is 1.84. The zero-order chi connectivity index (χ0) is 20.1. The van der Waals surface area contributed by atoms with Gasteiger partial charge in [-0.2, -0.15) is 0 Å². The van der Waals surface area contributed by atoms with Crippen molar-refractivity contribution in [1.29, 1.82) is 0 Å². The highest BCUT2D eigenvalue weighted by Crippen LogP contribution is 2.22. The number of amides is 1. The number of hydrogen-bond donors (Lipinski definition) is 3. The van der Waals surface area contributed by atoms with Crippen LogP contribution in [-0.2, 0) is 4.79 Å². The number of nitrogens with two attached hydrogens (primary N) is 1. The second-order valence-electron chi connectivity index (χ2n) is 8.70. The average molecular weight is 382 g/mol. The van der Waals surface area contributed by atoms with Gasteiger partial charge in [-0.15, -0.1) is 0 Å². The summed E-state index contributed by atoms with van der Waals surface area (Å²) in [5.41, 5.74) is 5.69. The minimum atomic E-state index is -0.133. The Hall–Kier alpha value is -1.30. The van der Waals surface area contributed by atoms with Crippen molar-refractivity contribution in [2.45, 2.75) is 72.1 Å². The second-order valence-corrected chi connectivity index (χ2v) is 8.70. The number of nitrogens with zero attached hydrogens (tertiary/aromatic N) is 2. The Labute approximate surface area is 166 Å². The third-order valence-corrected chi connectivity index (χ3v) is 5.60. The van der Waals surface area contributed by atoms with E-state index in [0.29, 0.717) is 5.41 Å². The molecule has 6 heteroatoms. The van der Waals surface area contributed by atoms with E-state index in [1.54, 1.807) is 0 Å². The molecule has 0 saturated carbocycles. The van der Waals surface area contributed by atoms with Gasteiger partial charge in [0.1, 0.15) is 0 Å². The fourth-order valence-electron chi connectivity index (χ4n) is 3.59. The summed E-state index contributed by atoms with van der Waals surface area (Å²) in [6.45, 7) is 11.9. The summed E-state index contributed by atoms with van der Waals surface area (Å²) in [6.07, 6.45) is 9.25. The van der Waals surface area contributed by atoms with Crippen LogP contribution in [-0.4, -0.2) is 56.5 Å². The quantitative estimate of drug-likeness (QED) is 0.276. The average Bonchev–Trinajstić information content (AvgIpc) is 2.64. The van der Waals surface area contributed by atoms with Crippen LogP contribution in [0, 0.1) is 11.3 Å². The van der Waals surface area contributed by atoms with Crippen molar-refractivity contribution in [1.82, 2.24) is 15.5 Å². The van der Waals surface area contributed by atoms with E-state index >= 15 is 0 Å². The van der Waals surface area contributed by atoms with Crippen molar-refractivity contribution in [3.05, 3.63) is 0 Å². The van der Waals surface area contributed by atoms with Crippen molar-refractivity contribution in [3.8, 4) is 0 Å². The summed E-state index contributed by atoms with van der Waals surface area (Å²) >= 11 is 0. The van der Waals surface area contributed by atoms with Crippen molar-refractivity contribution in [2.75, 3.05) is 39.8 Å². The molecule has 1 amide bonds. The van der Waals surface area contributed by atoms with Crippen LogP contribution in [0.5, 0.6) is 0 Å². The lowest BCUT2D eigenvalue weighted by molar-refractivity contribution is -0.123. The molecule has 0 aliphatic carbocycles. The summed E-state index contributed by atoms with van der Waals surface area (Å²) in [6, 6.07) is 0. The first-order valence-electron chi connectivity index (χ1n) is 10.8. The minimum absolute atomic E-state index is 0.0866. The van der Waals surface area contributed by atoms with E-state index in [1.807, 2.05) is 7.05 Å². The third kappa shape index (κ3) is 10.6. The molecule has 0 unspecified atom stereocenters. The lowest BCUT2D eigenvalue weighted by Gasteiger charge is -2.30. The maximum atomic E-state index is 11.2.